The fourth-order valence-corrected chi connectivity index (χ4v) is 4.59. The number of ether oxygens (including phenoxy) is 1. The number of rotatable bonds is 5. The van der Waals surface area contributed by atoms with Gasteiger partial charge in [-0.3, -0.25) is 4.40 Å². The number of fused-ring (bicyclic) bond motifs is 2. The zero-order chi connectivity index (χ0) is 20.7. The summed E-state index contributed by atoms with van der Waals surface area (Å²) in [6, 6.07) is 13.0. The van der Waals surface area contributed by atoms with Crippen molar-refractivity contribution in [2.24, 2.45) is 0 Å². The monoisotopic (exact) mass is 420 g/mol. The predicted molar refractivity (Wildman–Crippen MR) is 112 cm³/mol. The minimum Gasteiger partial charge on any atom is -0.493 e. The van der Waals surface area contributed by atoms with Crippen LogP contribution in [0.2, 0.25) is 0 Å². The highest BCUT2D eigenvalue weighted by atomic mass is 32.2. The molecule has 0 atom stereocenters. The van der Waals surface area contributed by atoms with Crippen LogP contribution in [-0.4, -0.2) is 40.9 Å². The van der Waals surface area contributed by atoms with Crippen LogP contribution < -0.4 is 4.74 Å². The molecule has 0 radical (unpaired) electrons. The molecule has 2 aromatic carbocycles. The van der Waals surface area contributed by atoms with Gasteiger partial charge in [-0.05, 0) is 35.7 Å². The normalized spacial score (nSPS) is 13.4. The highest BCUT2D eigenvalue weighted by Crippen LogP contribution is 2.29. The van der Waals surface area contributed by atoms with E-state index < -0.39 is 9.84 Å². The van der Waals surface area contributed by atoms with Crippen molar-refractivity contribution < 1.29 is 13.2 Å². The zero-order valence-electron chi connectivity index (χ0n) is 16.4. The Hall–Kier alpha value is -3.26. The lowest BCUT2D eigenvalue weighted by molar-refractivity contribution is 0.357. The van der Waals surface area contributed by atoms with E-state index >= 15 is 0 Å². The standard InChI is InChI=1S/C22H20N4O3S/c1-30(27,28)17-6-2-5-16(12-17)19-13-23-21(26-14-24-25-22(19)26)9-8-15-4-3-7-20-18(15)10-11-29-20/h2-7,12-14H,8-11H2,1H3. The zero-order valence-corrected chi connectivity index (χ0v) is 17.3. The van der Waals surface area contributed by atoms with Gasteiger partial charge in [-0.2, -0.15) is 0 Å². The smallest absolute Gasteiger partial charge is 0.175 e. The average Bonchev–Trinajstić information content (AvgIpc) is 3.41. The Kier molecular flexibility index (Phi) is 4.51. The molecule has 5 rings (SSSR count). The van der Waals surface area contributed by atoms with Crippen molar-refractivity contribution in [3.63, 3.8) is 0 Å². The Morgan fingerprint density at radius 3 is 2.87 bits per heavy atom. The number of hydrogen-bond acceptors (Lipinski definition) is 6. The van der Waals surface area contributed by atoms with E-state index in [4.69, 9.17) is 4.74 Å². The van der Waals surface area contributed by atoms with Gasteiger partial charge in [0.2, 0.25) is 0 Å². The summed E-state index contributed by atoms with van der Waals surface area (Å²) in [6.07, 6.45) is 7.12. The molecule has 0 N–H and O–H groups in total. The van der Waals surface area contributed by atoms with Gasteiger partial charge in [0.15, 0.2) is 15.5 Å². The SMILES string of the molecule is CS(=O)(=O)c1cccc(-c2cnc(CCc3cccc4c3CCO4)n3cnnc23)c1. The minimum absolute atomic E-state index is 0.266. The molecule has 0 saturated heterocycles. The lowest BCUT2D eigenvalue weighted by Gasteiger charge is -2.10. The van der Waals surface area contributed by atoms with E-state index in [0.29, 0.717) is 5.65 Å². The van der Waals surface area contributed by atoms with Crippen molar-refractivity contribution in [1.29, 1.82) is 0 Å². The largest absolute Gasteiger partial charge is 0.493 e. The van der Waals surface area contributed by atoms with Crippen LogP contribution in [0.4, 0.5) is 0 Å². The fraction of sp³-hybridized carbons (Fsp3) is 0.227. The number of sulfone groups is 1. The highest BCUT2D eigenvalue weighted by Gasteiger charge is 2.17. The Balaban J connectivity index is 1.49. The number of nitrogens with zero attached hydrogens (tertiary/aromatic N) is 4. The Bertz CT molecular complexity index is 1360. The molecule has 0 fully saturated rings. The molecule has 0 bridgehead atoms. The molecule has 152 valence electrons. The summed E-state index contributed by atoms with van der Waals surface area (Å²) >= 11 is 0. The van der Waals surface area contributed by atoms with E-state index in [9.17, 15) is 8.42 Å². The van der Waals surface area contributed by atoms with Gasteiger partial charge in [0.1, 0.15) is 17.9 Å². The third-order valence-corrected chi connectivity index (χ3v) is 6.55. The summed E-state index contributed by atoms with van der Waals surface area (Å²) < 4.78 is 31.4. The van der Waals surface area contributed by atoms with Gasteiger partial charge < -0.3 is 4.74 Å². The first-order valence-corrected chi connectivity index (χ1v) is 11.6. The molecule has 1 aliphatic heterocycles. The van der Waals surface area contributed by atoms with Crippen LogP contribution in [0.1, 0.15) is 17.0 Å². The molecule has 2 aromatic heterocycles. The third-order valence-electron chi connectivity index (χ3n) is 5.44. The molecule has 3 heterocycles. The van der Waals surface area contributed by atoms with Crippen LogP contribution >= 0.6 is 0 Å². The van der Waals surface area contributed by atoms with Gasteiger partial charge in [-0.25, -0.2) is 13.4 Å². The molecular weight excluding hydrogens is 400 g/mol. The quantitative estimate of drug-likeness (QED) is 0.493. The second-order valence-corrected chi connectivity index (χ2v) is 9.42. The number of benzene rings is 2. The van der Waals surface area contributed by atoms with E-state index in [1.165, 1.54) is 17.4 Å². The van der Waals surface area contributed by atoms with Gasteiger partial charge in [0.05, 0.1) is 11.5 Å². The van der Waals surface area contributed by atoms with Crippen molar-refractivity contribution in [2.45, 2.75) is 24.2 Å². The van der Waals surface area contributed by atoms with Gasteiger partial charge in [-0.15, -0.1) is 10.2 Å². The molecule has 8 heteroatoms. The van der Waals surface area contributed by atoms with Crippen molar-refractivity contribution in [3.8, 4) is 16.9 Å². The molecule has 7 nitrogen and oxygen atoms in total. The van der Waals surface area contributed by atoms with Crippen LogP contribution in [-0.2, 0) is 29.1 Å². The van der Waals surface area contributed by atoms with E-state index in [1.54, 1.807) is 30.7 Å². The summed E-state index contributed by atoms with van der Waals surface area (Å²) in [4.78, 5) is 4.92. The van der Waals surface area contributed by atoms with E-state index in [-0.39, 0.29) is 4.90 Å². The number of hydrogen-bond donors (Lipinski definition) is 0. The molecule has 0 saturated carbocycles. The maximum Gasteiger partial charge on any atom is 0.175 e. The van der Waals surface area contributed by atoms with Gasteiger partial charge in [0.25, 0.3) is 0 Å². The van der Waals surface area contributed by atoms with E-state index in [1.807, 2.05) is 22.6 Å². The topological polar surface area (TPSA) is 86.5 Å². The lowest BCUT2D eigenvalue weighted by Crippen LogP contribution is -2.05. The van der Waals surface area contributed by atoms with Crippen molar-refractivity contribution >= 4 is 15.5 Å². The van der Waals surface area contributed by atoms with Crippen molar-refractivity contribution in [2.75, 3.05) is 12.9 Å². The molecule has 0 spiro atoms. The summed E-state index contributed by atoms with van der Waals surface area (Å²) in [5, 5.41) is 8.33. The Morgan fingerprint density at radius 1 is 1.13 bits per heavy atom. The molecule has 0 unspecified atom stereocenters. The Labute approximate surface area is 174 Å². The van der Waals surface area contributed by atoms with Crippen LogP contribution in [0, 0.1) is 0 Å². The number of aryl methyl sites for hydroxylation is 2. The highest BCUT2D eigenvalue weighted by molar-refractivity contribution is 7.90. The van der Waals surface area contributed by atoms with Crippen molar-refractivity contribution in [1.82, 2.24) is 19.6 Å². The molecule has 1 aliphatic rings. The molecule has 4 aromatic rings. The first-order valence-electron chi connectivity index (χ1n) is 9.72. The molecule has 0 amide bonds. The van der Waals surface area contributed by atoms with E-state index in [0.717, 1.165) is 48.6 Å². The first kappa shape index (κ1) is 18.7. The van der Waals surface area contributed by atoms with Crippen LogP contribution in [0.3, 0.4) is 0 Å². The molecule has 0 aliphatic carbocycles. The summed E-state index contributed by atoms with van der Waals surface area (Å²) in [5.74, 6) is 1.84. The van der Waals surface area contributed by atoms with Crippen LogP contribution in [0.25, 0.3) is 16.8 Å². The number of aromatic nitrogens is 4. The van der Waals surface area contributed by atoms with E-state index in [2.05, 4.69) is 21.2 Å². The summed E-state index contributed by atoms with van der Waals surface area (Å²) in [6.45, 7) is 0.738. The van der Waals surface area contributed by atoms with Crippen LogP contribution in [0.15, 0.2) is 59.9 Å². The maximum atomic E-state index is 11.9. The second-order valence-electron chi connectivity index (χ2n) is 7.40. The second kappa shape index (κ2) is 7.21. The maximum absolute atomic E-state index is 11.9. The van der Waals surface area contributed by atoms with Gasteiger partial charge in [0, 0.05) is 36.4 Å². The fourth-order valence-electron chi connectivity index (χ4n) is 3.92. The predicted octanol–water partition coefficient (Wildman–Crippen LogP) is 2.91. The minimum atomic E-state index is -3.30. The first-order chi connectivity index (χ1) is 14.5. The van der Waals surface area contributed by atoms with Gasteiger partial charge in [-0.1, -0.05) is 24.3 Å². The average molecular weight is 420 g/mol. The lowest BCUT2D eigenvalue weighted by atomic mass is 10.0. The molecule has 30 heavy (non-hydrogen) atoms. The van der Waals surface area contributed by atoms with Crippen molar-refractivity contribution in [3.05, 3.63) is 71.9 Å². The Morgan fingerprint density at radius 2 is 2.00 bits per heavy atom. The third kappa shape index (κ3) is 3.33. The van der Waals surface area contributed by atoms with Gasteiger partial charge >= 0.3 is 0 Å². The molecular formula is C22H20N4O3S. The summed E-state index contributed by atoms with van der Waals surface area (Å²) in [7, 11) is -3.30. The van der Waals surface area contributed by atoms with Crippen LogP contribution in [0.5, 0.6) is 5.75 Å². The summed E-state index contributed by atoms with van der Waals surface area (Å²) in [5.41, 5.74) is 4.71.